The van der Waals surface area contributed by atoms with E-state index in [0.717, 1.165) is 4.31 Å². The van der Waals surface area contributed by atoms with Gasteiger partial charge in [0.1, 0.15) is 18.4 Å². The van der Waals surface area contributed by atoms with Gasteiger partial charge in [0, 0.05) is 13.0 Å². The number of hydrogen-bond acceptors (Lipinski definition) is 6. The van der Waals surface area contributed by atoms with Crippen molar-refractivity contribution in [1.29, 1.82) is 0 Å². The predicted molar refractivity (Wildman–Crippen MR) is 83.6 cm³/mol. The summed E-state index contributed by atoms with van der Waals surface area (Å²) in [4.78, 5) is 11.6. The fourth-order valence-corrected chi connectivity index (χ4v) is 4.03. The van der Waals surface area contributed by atoms with Gasteiger partial charge in [-0.25, -0.2) is 13.9 Å². The largest absolute Gasteiger partial charge is 0.481 e. The smallest absolute Gasteiger partial charge is 0.261 e. The zero-order chi connectivity index (χ0) is 17.7. The van der Waals surface area contributed by atoms with E-state index < -0.39 is 28.1 Å². The summed E-state index contributed by atoms with van der Waals surface area (Å²) in [6.07, 6.45) is -1.06. The number of amides is 1. The van der Waals surface area contributed by atoms with Crippen LogP contribution in [0.2, 0.25) is 0 Å². The van der Waals surface area contributed by atoms with Gasteiger partial charge in [-0.1, -0.05) is 5.92 Å². The zero-order valence-corrected chi connectivity index (χ0v) is 13.8. The number of ether oxygens (including phenoxy) is 1. The van der Waals surface area contributed by atoms with Gasteiger partial charge in [0.25, 0.3) is 5.91 Å². The first-order valence-electron chi connectivity index (χ1n) is 7.16. The molecule has 0 spiro atoms. The Labute approximate surface area is 140 Å². The Morgan fingerprint density at radius 2 is 2.08 bits per heavy atom. The van der Waals surface area contributed by atoms with Crippen LogP contribution in [-0.2, 0) is 14.8 Å². The van der Waals surface area contributed by atoms with Crippen LogP contribution in [0.15, 0.2) is 29.2 Å². The lowest BCUT2D eigenvalue weighted by Gasteiger charge is -2.22. The van der Waals surface area contributed by atoms with Crippen LogP contribution in [0, 0.1) is 11.8 Å². The van der Waals surface area contributed by atoms with Crippen molar-refractivity contribution in [2.45, 2.75) is 30.4 Å². The number of nitrogens with zero attached hydrogens (tertiary/aromatic N) is 1. The lowest BCUT2D eigenvalue weighted by molar-refractivity contribution is -0.132. The minimum atomic E-state index is -4.00. The van der Waals surface area contributed by atoms with Crippen molar-refractivity contribution in [3.05, 3.63) is 24.3 Å². The molecule has 1 aromatic rings. The molecule has 2 rings (SSSR count). The Morgan fingerprint density at radius 3 is 2.67 bits per heavy atom. The van der Waals surface area contributed by atoms with E-state index in [1.165, 1.54) is 29.7 Å². The molecule has 1 aliphatic rings. The number of β-amino-alcohol motifs (C(OH)–C–C–N with tert-alkyl or cyclic N) is 1. The molecule has 24 heavy (non-hydrogen) atoms. The highest BCUT2D eigenvalue weighted by atomic mass is 32.2. The van der Waals surface area contributed by atoms with Gasteiger partial charge in [0.15, 0.2) is 0 Å². The molecule has 1 aromatic carbocycles. The van der Waals surface area contributed by atoms with Crippen molar-refractivity contribution in [2.24, 2.45) is 0 Å². The molecule has 2 atom stereocenters. The highest BCUT2D eigenvalue weighted by molar-refractivity contribution is 7.89. The van der Waals surface area contributed by atoms with Gasteiger partial charge in [-0.2, -0.15) is 4.31 Å². The molecule has 8 nitrogen and oxygen atoms in total. The lowest BCUT2D eigenvalue weighted by atomic mass is 10.2. The Hall–Kier alpha value is -2.12. The third kappa shape index (κ3) is 3.85. The summed E-state index contributed by atoms with van der Waals surface area (Å²) in [6, 6.07) is 4.51. The highest BCUT2D eigenvalue weighted by Gasteiger charge is 2.43. The average molecular weight is 354 g/mol. The van der Waals surface area contributed by atoms with Crippen LogP contribution in [0.3, 0.4) is 0 Å². The summed E-state index contributed by atoms with van der Waals surface area (Å²) < 4.78 is 31.5. The fourth-order valence-electron chi connectivity index (χ4n) is 2.40. The van der Waals surface area contributed by atoms with Crippen LogP contribution in [0.1, 0.15) is 13.3 Å². The van der Waals surface area contributed by atoms with E-state index in [1.54, 1.807) is 6.92 Å². The Bertz CT molecular complexity index is 750. The summed E-state index contributed by atoms with van der Waals surface area (Å²) >= 11 is 0. The van der Waals surface area contributed by atoms with E-state index in [4.69, 9.17) is 9.94 Å². The Morgan fingerprint density at radius 1 is 1.42 bits per heavy atom. The molecule has 0 aromatic heterocycles. The molecule has 1 heterocycles. The second-order valence-electron chi connectivity index (χ2n) is 5.14. The van der Waals surface area contributed by atoms with Crippen LogP contribution in [0.5, 0.6) is 5.75 Å². The van der Waals surface area contributed by atoms with Gasteiger partial charge in [0.05, 0.1) is 11.0 Å². The molecule has 0 unspecified atom stereocenters. The van der Waals surface area contributed by atoms with Crippen LogP contribution in [0.4, 0.5) is 0 Å². The van der Waals surface area contributed by atoms with Crippen LogP contribution < -0.4 is 10.2 Å². The van der Waals surface area contributed by atoms with Gasteiger partial charge in [-0.05, 0) is 31.2 Å². The van der Waals surface area contributed by atoms with Crippen molar-refractivity contribution in [2.75, 3.05) is 13.2 Å². The summed E-state index contributed by atoms with van der Waals surface area (Å²) in [5.74, 6) is 4.98. The fraction of sp³-hybridized carbons (Fsp3) is 0.400. The normalized spacial score (nSPS) is 21.0. The van der Waals surface area contributed by atoms with E-state index in [0.29, 0.717) is 5.75 Å². The Balaban J connectivity index is 2.22. The molecule has 0 bridgehead atoms. The van der Waals surface area contributed by atoms with E-state index in [9.17, 15) is 18.3 Å². The molecule has 3 N–H and O–H groups in total. The van der Waals surface area contributed by atoms with Crippen molar-refractivity contribution in [3.8, 4) is 17.6 Å². The molecule has 0 radical (unpaired) electrons. The maximum atomic E-state index is 12.7. The Kier molecular flexibility index (Phi) is 5.80. The maximum Gasteiger partial charge on any atom is 0.261 e. The number of hydrogen-bond donors (Lipinski definition) is 3. The lowest BCUT2D eigenvalue weighted by Crippen LogP contribution is -2.45. The standard InChI is InChI=1S/C15H18N2O6S/c1-2-3-8-23-12-4-6-13(7-5-12)24(21,22)17-10-11(18)9-14(17)15(19)16-20/h4-7,11,14,18,20H,8-10H2,1H3,(H,16,19)/t11-,14+/m0/s1. The monoisotopic (exact) mass is 354 g/mol. The number of hydroxylamine groups is 1. The average Bonchev–Trinajstić information content (AvgIpc) is 2.97. The van der Waals surface area contributed by atoms with Crippen LogP contribution >= 0.6 is 0 Å². The van der Waals surface area contributed by atoms with Crippen molar-refractivity contribution in [1.82, 2.24) is 9.79 Å². The van der Waals surface area contributed by atoms with Crippen molar-refractivity contribution < 1.29 is 28.3 Å². The number of carbonyl (C=O) groups is 1. The predicted octanol–water partition coefficient (Wildman–Crippen LogP) is -0.282. The number of nitrogens with one attached hydrogen (secondary N) is 1. The summed E-state index contributed by atoms with van der Waals surface area (Å²) in [5, 5.41) is 18.4. The summed E-state index contributed by atoms with van der Waals surface area (Å²) in [5.41, 5.74) is 1.43. The van der Waals surface area contributed by atoms with Gasteiger partial charge >= 0.3 is 0 Å². The van der Waals surface area contributed by atoms with Gasteiger partial charge < -0.3 is 9.84 Å². The minimum absolute atomic E-state index is 0.0405. The number of carbonyl (C=O) groups excluding carboxylic acids is 1. The molecule has 1 amide bonds. The number of aliphatic hydroxyl groups excluding tert-OH is 1. The number of rotatable bonds is 5. The quantitative estimate of drug-likeness (QED) is 0.380. The number of benzene rings is 1. The van der Waals surface area contributed by atoms with Crippen LogP contribution in [0.25, 0.3) is 0 Å². The number of sulfonamides is 1. The van der Waals surface area contributed by atoms with E-state index in [1.807, 2.05) is 0 Å². The molecule has 130 valence electrons. The van der Waals surface area contributed by atoms with E-state index in [-0.39, 0.29) is 24.5 Å². The third-order valence-corrected chi connectivity index (χ3v) is 5.45. The van der Waals surface area contributed by atoms with Gasteiger partial charge in [-0.15, -0.1) is 5.92 Å². The second kappa shape index (κ2) is 7.63. The van der Waals surface area contributed by atoms with Crippen molar-refractivity contribution >= 4 is 15.9 Å². The molecule has 0 saturated carbocycles. The molecular formula is C15H18N2O6S. The first-order chi connectivity index (χ1) is 11.4. The minimum Gasteiger partial charge on any atom is -0.481 e. The molecule has 1 fully saturated rings. The maximum absolute atomic E-state index is 12.7. The second-order valence-corrected chi connectivity index (χ2v) is 7.03. The molecule has 9 heteroatoms. The first kappa shape index (κ1) is 18.2. The topological polar surface area (TPSA) is 116 Å². The summed E-state index contributed by atoms with van der Waals surface area (Å²) in [6.45, 7) is 1.66. The highest BCUT2D eigenvalue weighted by Crippen LogP contribution is 2.27. The molecule has 1 aliphatic heterocycles. The third-order valence-electron chi connectivity index (χ3n) is 3.56. The van der Waals surface area contributed by atoms with E-state index >= 15 is 0 Å². The van der Waals surface area contributed by atoms with Gasteiger partial charge in [0.2, 0.25) is 10.0 Å². The SMILES string of the molecule is CC#CCOc1ccc(S(=O)(=O)N2C[C@@H](O)C[C@@H]2C(=O)NO)cc1. The summed E-state index contributed by atoms with van der Waals surface area (Å²) in [7, 11) is -4.00. The van der Waals surface area contributed by atoms with Gasteiger partial charge in [-0.3, -0.25) is 10.0 Å². The number of aliphatic hydroxyl groups is 1. The van der Waals surface area contributed by atoms with Crippen molar-refractivity contribution in [3.63, 3.8) is 0 Å². The molecule has 1 saturated heterocycles. The van der Waals surface area contributed by atoms with E-state index in [2.05, 4.69) is 11.8 Å². The zero-order valence-electron chi connectivity index (χ0n) is 13.0. The first-order valence-corrected chi connectivity index (χ1v) is 8.60. The van der Waals surface area contributed by atoms with Crippen LogP contribution in [-0.4, -0.2) is 54.2 Å². The molecular weight excluding hydrogens is 336 g/mol. The molecule has 0 aliphatic carbocycles.